The van der Waals surface area contributed by atoms with Crippen LogP contribution >= 0.6 is 11.6 Å². The van der Waals surface area contributed by atoms with Gasteiger partial charge >= 0.3 is 0 Å². The van der Waals surface area contributed by atoms with Crippen LogP contribution in [-0.2, 0) is 26.2 Å². The van der Waals surface area contributed by atoms with E-state index in [0.717, 1.165) is 10.6 Å². The van der Waals surface area contributed by atoms with Crippen LogP contribution in [0.5, 0.6) is 0 Å². The first kappa shape index (κ1) is 24.6. The van der Waals surface area contributed by atoms with Gasteiger partial charge in [-0.3, -0.25) is 13.9 Å². The smallest absolute Gasteiger partial charge is 0.244 e. The first-order valence-corrected chi connectivity index (χ1v) is 11.7. The van der Waals surface area contributed by atoms with Crippen molar-refractivity contribution < 1.29 is 22.4 Å². The van der Waals surface area contributed by atoms with Crippen molar-refractivity contribution in [3.8, 4) is 0 Å². The molecule has 0 aromatic heterocycles. The predicted molar refractivity (Wildman–Crippen MR) is 119 cm³/mol. The number of carbonyl (C=O) groups is 2. The Bertz CT molecular complexity index is 1060. The number of sulfonamides is 1. The number of hydrogen-bond acceptors (Lipinski definition) is 4. The second-order valence-electron chi connectivity index (χ2n) is 7.14. The van der Waals surface area contributed by atoms with Crippen molar-refractivity contribution in [2.75, 3.05) is 24.2 Å². The van der Waals surface area contributed by atoms with E-state index in [1.807, 2.05) is 0 Å². The number of benzene rings is 2. The van der Waals surface area contributed by atoms with E-state index in [0.29, 0.717) is 21.8 Å². The quantitative estimate of drug-likeness (QED) is 0.644. The van der Waals surface area contributed by atoms with Gasteiger partial charge in [0.2, 0.25) is 21.8 Å². The fraction of sp³-hybridized carbons (Fsp3) is 0.333. The van der Waals surface area contributed by atoms with Gasteiger partial charge in [0.15, 0.2) is 0 Å². The van der Waals surface area contributed by atoms with Gasteiger partial charge in [-0.05, 0) is 55.3 Å². The molecule has 0 saturated heterocycles. The van der Waals surface area contributed by atoms with Crippen LogP contribution in [0.4, 0.5) is 10.1 Å². The van der Waals surface area contributed by atoms with Crippen molar-refractivity contribution in [2.24, 2.45) is 0 Å². The molecule has 0 aliphatic carbocycles. The van der Waals surface area contributed by atoms with Gasteiger partial charge in [-0.25, -0.2) is 12.8 Å². The Hall–Kier alpha value is -2.65. The van der Waals surface area contributed by atoms with Gasteiger partial charge in [-0.2, -0.15) is 0 Å². The molecule has 1 N–H and O–H groups in total. The normalized spacial score (nSPS) is 12.2. The zero-order valence-corrected chi connectivity index (χ0v) is 19.3. The largest absolute Gasteiger partial charge is 0.357 e. The summed E-state index contributed by atoms with van der Waals surface area (Å²) in [7, 11) is -2.38. The van der Waals surface area contributed by atoms with Gasteiger partial charge < -0.3 is 10.2 Å². The third-order valence-corrected chi connectivity index (χ3v) is 6.15. The molecule has 1 atom stereocenters. The minimum atomic E-state index is -3.82. The summed E-state index contributed by atoms with van der Waals surface area (Å²) in [4.78, 5) is 26.7. The average Bonchev–Trinajstić information content (AvgIpc) is 2.70. The number of rotatable bonds is 8. The zero-order chi connectivity index (χ0) is 23.3. The molecule has 0 heterocycles. The molecule has 0 radical (unpaired) electrons. The van der Waals surface area contributed by atoms with Crippen molar-refractivity contribution in [2.45, 2.75) is 26.4 Å². The van der Waals surface area contributed by atoms with E-state index in [1.165, 1.54) is 48.3 Å². The summed E-state index contributed by atoms with van der Waals surface area (Å²) in [5, 5.41) is 2.92. The topological polar surface area (TPSA) is 86.8 Å². The number of hydrogen-bond donors (Lipinski definition) is 1. The molecule has 0 bridgehead atoms. The highest BCUT2D eigenvalue weighted by molar-refractivity contribution is 7.92. The van der Waals surface area contributed by atoms with Crippen LogP contribution in [0.15, 0.2) is 42.5 Å². The van der Waals surface area contributed by atoms with E-state index in [1.54, 1.807) is 19.9 Å². The van der Waals surface area contributed by atoms with Crippen LogP contribution in [0.25, 0.3) is 0 Å². The Morgan fingerprint density at radius 3 is 2.29 bits per heavy atom. The molecule has 2 amide bonds. The van der Waals surface area contributed by atoms with E-state index in [9.17, 15) is 22.4 Å². The lowest BCUT2D eigenvalue weighted by molar-refractivity contribution is -0.139. The van der Waals surface area contributed by atoms with Gasteiger partial charge in [-0.1, -0.05) is 23.7 Å². The average molecular weight is 470 g/mol. The molecule has 7 nitrogen and oxygen atoms in total. The highest BCUT2D eigenvalue weighted by Crippen LogP contribution is 2.26. The Morgan fingerprint density at radius 1 is 1.16 bits per heavy atom. The summed E-state index contributed by atoms with van der Waals surface area (Å²) in [6, 6.07) is 9.30. The third-order valence-electron chi connectivity index (χ3n) is 4.79. The van der Waals surface area contributed by atoms with Crippen molar-refractivity contribution >= 4 is 39.1 Å². The minimum Gasteiger partial charge on any atom is -0.357 e. The summed E-state index contributed by atoms with van der Waals surface area (Å²) in [5.74, 6) is -1.42. The fourth-order valence-corrected chi connectivity index (χ4v) is 4.21. The lowest BCUT2D eigenvalue weighted by Gasteiger charge is -2.31. The maximum atomic E-state index is 13.3. The van der Waals surface area contributed by atoms with Crippen molar-refractivity contribution in [1.29, 1.82) is 0 Å². The fourth-order valence-electron chi connectivity index (χ4n) is 3.07. The molecule has 0 unspecified atom stereocenters. The van der Waals surface area contributed by atoms with E-state index >= 15 is 0 Å². The molecule has 0 spiro atoms. The number of nitrogens with zero attached hydrogens (tertiary/aromatic N) is 2. The Labute approximate surface area is 186 Å². The second-order valence-corrected chi connectivity index (χ2v) is 9.48. The Kier molecular flexibility index (Phi) is 8.02. The van der Waals surface area contributed by atoms with Gasteiger partial charge in [-0.15, -0.1) is 0 Å². The summed E-state index contributed by atoms with van der Waals surface area (Å²) in [6.07, 6.45) is 1.00. The third kappa shape index (κ3) is 6.41. The summed E-state index contributed by atoms with van der Waals surface area (Å²) in [6.45, 7) is 2.72. The Morgan fingerprint density at radius 2 is 1.77 bits per heavy atom. The maximum absolute atomic E-state index is 13.3. The Balaban J connectivity index is 2.40. The van der Waals surface area contributed by atoms with E-state index in [-0.39, 0.29) is 6.54 Å². The van der Waals surface area contributed by atoms with Crippen LogP contribution in [0.1, 0.15) is 18.1 Å². The van der Waals surface area contributed by atoms with Crippen LogP contribution in [0.3, 0.4) is 0 Å². The molecule has 168 valence electrons. The number of amides is 2. The maximum Gasteiger partial charge on any atom is 0.244 e. The number of nitrogens with one attached hydrogen (secondary N) is 1. The first-order chi connectivity index (χ1) is 14.4. The summed E-state index contributed by atoms with van der Waals surface area (Å²) >= 11 is 5.97. The molecule has 2 aromatic carbocycles. The lowest BCUT2D eigenvalue weighted by Crippen LogP contribution is -2.50. The number of carbonyl (C=O) groups excluding carboxylic acids is 2. The minimum absolute atomic E-state index is 0.00486. The number of aryl methyl sites for hydroxylation is 1. The second kappa shape index (κ2) is 10.1. The van der Waals surface area contributed by atoms with Crippen molar-refractivity contribution in [3.63, 3.8) is 0 Å². The molecular weight excluding hydrogens is 445 g/mol. The highest BCUT2D eigenvalue weighted by Gasteiger charge is 2.30. The summed E-state index contributed by atoms with van der Waals surface area (Å²) in [5.41, 5.74) is 1.49. The molecule has 0 fully saturated rings. The molecule has 0 saturated carbocycles. The van der Waals surface area contributed by atoms with Crippen LogP contribution in [-0.4, -0.2) is 51.0 Å². The number of halogens is 2. The zero-order valence-electron chi connectivity index (χ0n) is 17.7. The van der Waals surface area contributed by atoms with Crippen LogP contribution in [0.2, 0.25) is 5.02 Å². The molecular formula is C21H25ClFN3O4S. The lowest BCUT2D eigenvalue weighted by atomic mass is 10.1. The SMILES string of the molecule is CNC(=O)[C@@H](C)N(Cc1ccc(F)cc1)C(=O)CN(c1ccc(Cl)cc1C)S(C)(=O)=O. The number of likely N-dealkylation sites (N-methyl/N-ethyl adjacent to an activating group) is 1. The molecule has 0 aliphatic heterocycles. The molecule has 10 heteroatoms. The van der Waals surface area contributed by atoms with Crippen LogP contribution in [0, 0.1) is 12.7 Å². The van der Waals surface area contributed by atoms with Crippen molar-refractivity contribution in [3.05, 3.63) is 64.4 Å². The first-order valence-electron chi connectivity index (χ1n) is 9.43. The standard InChI is InChI=1S/C21H25ClFN3O4S/c1-14-11-17(22)7-10-19(14)26(31(4,29)30)13-20(27)25(15(2)21(28)24-3)12-16-5-8-18(23)9-6-16/h5-11,15H,12-13H2,1-4H3,(H,24,28)/t15-/m1/s1. The van der Waals surface area contributed by atoms with E-state index < -0.39 is 40.2 Å². The van der Waals surface area contributed by atoms with Crippen LogP contribution < -0.4 is 9.62 Å². The molecule has 31 heavy (non-hydrogen) atoms. The van der Waals surface area contributed by atoms with Gasteiger partial charge in [0.1, 0.15) is 18.4 Å². The summed E-state index contributed by atoms with van der Waals surface area (Å²) < 4.78 is 39.2. The predicted octanol–water partition coefficient (Wildman–Crippen LogP) is 2.72. The monoisotopic (exact) mass is 469 g/mol. The highest BCUT2D eigenvalue weighted by atomic mass is 35.5. The van der Waals surface area contributed by atoms with E-state index in [4.69, 9.17) is 11.6 Å². The number of anilines is 1. The van der Waals surface area contributed by atoms with Crippen molar-refractivity contribution in [1.82, 2.24) is 10.2 Å². The van der Waals surface area contributed by atoms with E-state index in [2.05, 4.69) is 5.32 Å². The molecule has 2 rings (SSSR count). The molecule has 0 aliphatic rings. The van der Waals surface area contributed by atoms with Gasteiger partial charge in [0.25, 0.3) is 0 Å². The molecule has 2 aromatic rings. The van der Waals surface area contributed by atoms with Gasteiger partial charge in [0.05, 0.1) is 11.9 Å². The van der Waals surface area contributed by atoms with Gasteiger partial charge in [0, 0.05) is 18.6 Å².